The summed E-state index contributed by atoms with van der Waals surface area (Å²) in [4.78, 5) is 26.2. The van der Waals surface area contributed by atoms with E-state index in [9.17, 15) is 31.1 Å². The van der Waals surface area contributed by atoms with Crippen LogP contribution < -0.4 is 16.4 Å². The molecule has 4 rings (SSSR count). The van der Waals surface area contributed by atoms with E-state index in [1.807, 2.05) is 0 Å². The van der Waals surface area contributed by atoms with E-state index >= 15 is 0 Å². The molecule has 3 aromatic heterocycles. The van der Waals surface area contributed by atoms with E-state index < -0.39 is 35.6 Å². The second-order valence-electron chi connectivity index (χ2n) is 9.06. The number of nitrogens with two attached hydrogens (primary N) is 1. The average Bonchev–Trinajstić information content (AvgIpc) is 3.45. The molecule has 1 aliphatic rings. The number of amides is 1. The fourth-order valence-electron chi connectivity index (χ4n) is 3.78. The van der Waals surface area contributed by atoms with Crippen molar-refractivity contribution >= 4 is 29.0 Å². The lowest BCUT2D eigenvalue weighted by Gasteiger charge is -2.29. The molecule has 0 spiro atoms. The Balaban J connectivity index is 0.000000532. The third-order valence-electron chi connectivity index (χ3n) is 5.79. The molecule has 0 aromatic carbocycles. The molecule has 3 aromatic rings. The number of rotatable bonds is 5. The first-order valence-corrected chi connectivity index (χ1v) is 11.7. The summed E-state index contributed by atoms with van der Waals surface area (Å²) in [6.07, 6.45) is -1.72. The predicted octanol–water partition coefficient (Wildman–Crippen LogP) is 4.09. The number of carboxylic acid groups (broad SMARTS) is 1. The maximum Gasteiger partial charge on any atom is 0.490 e. The van der Waals surface area contributed by atoms with Crippen molar-refractivity contribution in [3.8, 4) is 0 Å². The first-order valence-electron chi connectivity index (χ1n) is 11.7. The molecule has 0 aliphatic heterocycles. The molecule has 11 nitrogen and oxygen atoms in total. The summed E-state index contributed by atoms with van der Waals surface area (Å²) < 4.78 is 74.5. The van der Waals surface area contributed by atoms with E-state index in [1.54, 1.807) is 26.1 Å². The highest BCUT2D eigenvalue weighted by atomic mass is 19.4. The van der Waals surface area contributed by atoms with E-state index in [0.717, 1.165) is 30.4 Å². The second-order valence-corrected chi connectivity index (χ2v) is 9.06. The van der Waals surface area contributed by atoms with Crippen LogP contribution in [0.3, 0.4) is 0 Å². The summed E-state index contributed by atoms with van der Waals surface area (Å²) >= 11 is 0. The Morgan fingerprint density at radius 1 is 1.15 bits per heavy atom. The van der Waals surface area contributed by atoms with Gasteiger partial charge in [0.1, 0.15) is 11.4 Å². The van der Waals surface area contributed by atoms with Crippen molar-refractivity contribution in [3.63, 3.8) is 0 Å². The smallest absolute Gasteiger partial charge is 0.475 e. The molecular weight excluding hydrogens is 538 g/mol. The van der Waals surface area contributed by atoms with Gasteiger partial charge in [-0.15, -0.1) is 0 Å². The Morgan fingerprint density at radius 2 is 1.79 bits per heavy atom. The van der Waals surface area contributed by atoms with E-state index in [1.165, 1.54) is 16.9 Å². The third kappa shape index (κ3) is 7.36. The topological polar surface area (TPSA) is 152 Å². The number of aliphatic carboxylic acids is 1. The van der Waals surface area contributed by atoms with Gasteiger partial charge in [0, 0.05) is 30.5 Å². The van der Waals surface area contributed by atoms with Gasteiger partial charge in [-0.05, 0) is 32.8 Å². The molecule has 0 saturated heterocycles. The van der Waals surface area contributed by atoms with Crippen molar-refractivity contribution in [3.05, 3.63) is 35.9 Å². The molecule has 1 fully saturated rings. The number of carbonyl (C=O) groups is 2. The summed E-state index contributed by atoms with van der Waals surface area (Å²) in [5.74, 6) is -2.99. The van der Waals surface area contributed by atoms with Crippen molar-refractivity contribution in [1.82, 2.24) is 24.4 Å². The normalized spacial score (nSPS) is 18.0. The van der Waals surface area contributed by atoms with Gasteiger partial charge >= 0.3 is 18.3 Å². The molecule has 17 heteroatoms. The molecule has 1 amide bonds. The van der Waals surface area contributed by atoms with Gasteiger partial charge in [0.05, 0.1) is 11.9 Å². The quantitative estimate of drug-likeness (QED) is 0.338. The maximum atomic E-state index is 13.4. The molecule has 1 saturated carbocycles. The Labute approximate surface area is 217 Å². The highest BCUT2D eigenvalue weighted by Gasteiger charge is 2.39. The maximum absolute atomic E-state index is 13.4. The van der Waals surface area contributed by atoms with E-state index in [-0.39, 0.29) is 29.3 Å². The standard InChI is InChI=1S/C20H25F3N8O.C2HF3O2/c1-11(2)31-10-15(17(29-31)20(21,22)23)27-19(32)12-9-25-30-8-7-16(28-18(12)30)26-14-6-4-3-5-13(14)24;3-2(4,5)1(6)7/h7-11,13-14H,3-6,24H2,1-2H3,(H,26,28)(H,27,32);(H,6,7)/t13-,14+;/m0./s1. The van der Waals surface area contributed by atoms with Crippen LogP contribution in [0, 0.1) is 0 Å². The lowest BCUT2D eigenvalue weighted by atomic mass is 9.91. The minimum Gasteiger partial charge on any atom is -0.475 e. The van der Waals surface area contributed by atoms with Crippen molar-refractivity contribution in [2.75, 3.05) is 10.6 Å². The van der Waals surface area contributed by atoms with Gasteiger partial charge in [-0.25, -0.2) is 14.3 Å². The molecule has 39 heavy (non-hydrogen) atoms. The zero-order valence-corrected chi connectivity index (χ0v) is 20.7. The number of aromatic nitrogens is 5. The van der Waals surface area contributed by atoms with Crippen molar-refractivity contribution < 1.29 is 41.0 Å². The Morgan fingerprint density at radius 3 is 2.36 bits per heavy atom. The highest BCUT2D eigenvalue weighted by Crippen LogP contribution is 2.34. The number of hydrogen-bond donors (Lipinski definition) is 4. The van der Waals surface area contributed by atoms with E-state index in [0.29, 0.717) is 5.82 Å². The van der Waals surface area contributed by atoms with Gasteiger partial charge in [-0.1, -0.05) is 12.8 Å². The lowest BCUT2D eigenvalue weighted by Crippen LogP contribution is -2.42. The Hall–Kier alpha value is -3.89. The number of carboxylic acids is 1. The third-order valence-corrected chi connectivity index (χ3v) is 5.79. The van der Waals surface area contributed by atoms with Crippen LogP contribution in [0.2, 0.25) is 0 Å². The van der Waals surface area contributed by atoms with Crippen molar-refractivity contribution in [1.29, 1.82) is 0 Å². The zero-order valence-electron chi connectivity index (χ0n) is 20.7. The van der Waals surface area contributed by atoms with Crippen LogP contribution in [0.5, 0.6) is 0 Å². The van der Waals surface area contributed by atoms with Gasteiger partial charge in [-0.3, -0.25) is 9.48 Å². The SMILES string of the molecule is CC(C)n1cc(NC(=O)c2cnn3ccc(N[C@@H]4CCCC[C@@H]4N)nc23)c(C(F)(F)F)n1.O=C(O)C(F)(F)F. The average molecular weight is 564 g/mol. The number of alkyl halides is 6. The van der Waals surface area contributed by atoms with Gasteiger partial charge in [-0.2, -0.15) is 36.5 Å². The molecule has 2 atom stereocenters. The van der Waals surface area contributed by atoms with E-state index in [4.69, 9.17) is 15.6 Å². The number of anilines is 2. The van der Waals surface area contributed by atoms with Gasteiger partial charge in [0.25, 0.3) is 5.91 Å². The molecular formula is C22H26F6N8O3. The molecule has 0 radical (unpaired) electrons. The molecule has 3 heterocycles. The number of nitrogens with zero attached hydrogens (tertiary/aromatic N) is 5. The Bertz CT molecular complexity index is 1320. The first-order chi connectivity index (χ1) is 18.1. The number of nitrogens with one attached hydrogen (secondary N) is 2. The minimum absolute atomic E-state index is 0.00717. The van der Waals surface area contributed by atoms with Crippen LogP contribution in [0.25, 0.3) is 5.65 Å². The number of halogens is 6. The summed E-state index contributed by atoms with van der Waals surface area (Å²) in [5.41, 5.74) is 4.88. The largest absolute Gasteiger partial charge is 0.490 e. The molecule has 214 valence electrons. The predicted molar refractivity (Wildman–Crippen MR) is 126 cm³/mol. The fraction of sp³-hybridized carbons (Fsp3) is 0.500. The van der Waals surface area contributed by atoms with Crippen LogP contribution in [0.15, 0.2) is 24.7 Å². The number of carbonyl (C=O) groups excluding carboxylic acids is 1. The summed E-state index contributed by atoms with van der Waals surface area (Å²) in [6, 6.07) is 1.49. The number of hydrogen-bond acceptors (Lipinski definition) is 7. The monoisotopic (exact) mass is 564 g/mol. The second kappa shape index (κ2) is 11.5. The minimum atomic E-state index is -5.08. The van der Waals surface area contributed by atoms with Crippen LogP contribution in [-0.2, 0) is 11.0 Å². The van der Waals surface area contributed by atoms with Crippen LogP contribution >= 0.6 is 0 Å². The zero-order chi connectivity index (χ0) is 29.1. The highest BCUT2D eigenvalue weighted by molar-refractivity contribution is 6.08. The summed E-state index contributed by atoms with van der Waals surface area (Å²) in [7, 11) is 0. The molecule has 5 N–H and O–H groups in total. The fourth-order valence-corrected chi connectivity index (χ4v) is 3.78. The molecule has 0 bridgehead atoms. The Kier molecular flexibility index (Phi) is 8.72. The summed E-state index contributed by atoms with van der Waals surface area (Å²) in [5, 5.41) is 20.4. The van der Waals surface area contributed by atoms with E-state index in [2.05, 4.69) is 25.8 Å². The van der Waals surface area contributed by atoms with Crippen LogP contribution in [0.4, 0.5) is 37.8 Å². The van der Waals surface area contributed by atoms with Crippen molar-refractivity contribution in [2.45, 2.75) is 70.0 Å². The lowest BCUT2D eigenvalue weighted by molar-refractivity contribution is -0.192. The summed E-state index contributed by atoms with van der Waals surface area (Å²) in [6.45, 7) is 3.39. The van der Waals surface area contributed by atoms with Gasteiger partial charge < -0.3 is 21.5 Å². The molecule has 0 unspecified atom stereocenters. The molecule has 1 aliphatic carbocycles. The number of fused-ring (bicyclic) bond motifs is 1. The first kappa shape index (κ1) is 29.7. The van der Waals surface area contributed by atoms with Gasteiger partial charge in [0.2, 0.25) is 0 Å². The van der Waals surface area contributed by atoms with Crippen molar-refractivity contribution in [2.24, 2.45) is 5.73 Å². The van der Waals surface area contributed by atoms with Crippen LogP contribution in [0.1, 0.15) is 61.6 Å². The van der Waals surface area contributed by atoms with Gasteiger partial charge in [0.15, 0.2) is 11.3 Å². The van der Waals surface area contributed by atoms with Crippen LogP contribution in [-0.4, -0.2) is 59.6 Å².